The van der Waals surface area contributed by atoms with Gasteiger partial charge in [-0.3, -0.25) is 4.90 Å². The van der Waals surface area contributed by atoms with Crippen LogP contribution >= 0.6 is 0 Å². The Labute approximate surface area is 164 Å². The maximum absolute atomic E-state index is 4.81. The van der Waals surface area contributed by atoms with Crippen LogP contribution in [0.3, 0.4) is 0 Å². The molecule has 2 N–H and O–H groups in total. The van der Waals surface area contributed by atoms with Crippen molar-refractivity contribution in [1.82, 2.24) is 34.8 Å². The van der Waals surface area contributed by atoms with Crippen LogP contribution in [0.4, 0.5) is 11.8 Å². The number of nitrogens with one attached hydrogen (secondary N) is 2. The summed E-state index contributed by atoms with van der Waals surface area (Å²) in [6.07, 6.45) is 7.65. The van der Waals surface area contributed by atoms with Crippen LogP contribution in [0.15, 0.2) is 18.7 Å². The van der Waals surface area contributed by atoms with Crippen molar-refractivity contribution in [3.8, 4) is 0 Å². The Kier molecular flexibility index (Phi) is 4.84. The third-order valence-corrected chi connectivity index (χ3v) is 5.34. The zero-order valence-electron chi connectivity index (χ0n) is 16.9. The van der Waals surface area contributed by atoms with Gasteiger partial charge in [0.15, 0.2) is 11.5 Å². The topological polar surface area (TPSA) is 98.8 Å². The molecule has 1 fully saturated rings. The number of aromatic amines is 1. The van der Waals surface area contributed by atoms with Crippen molar-refractivity contribution in [2.24, 2.45) is 0 Å². The van der Waals surface area contributed by atoms with Crippen LogP contribution in [0.1, 0.15) is 31.2 Å². The highest BCUT2D eigenvalue weighted by molar-refractivity contribution is 5.82. The summed E-state index contributed by atoms with van der Waals surface area (Å²) < 4.78 is 0. The van der Waals surface area contributed by atoms with E-state index in [1.165, 1.54) is 0 Å². The first-order valence-corrected chi connectivity index (χ1v) is 9.58. The van der Waals surface area contributed by atoms with Gasteiger partial charge >= 0.3 is 0 Å². The molecule has 1 aliphatic heterocycles. The van der Waals surface area contributed by atoms with Gasteiger partial charge in [0.05, 0.1) is 6.33 Å². The number of H-pyrrole nitrogens is 1. The quantitative estimate of drug-likeness (QED) is 0.690. The van der Waals surface area contributed by atoms with Crippen molar-refractivity contribution in [2.45, 2.75) is 31.7 Å². The van der Waals surface area contributed by atoms with Gasteiger partial charge in [-0.2, -0.15) is 0 Å². The minimum absolute atomic E-state index is 0.124. The van der Waals surface area contributed by atoms with Crippen LogP contribution in [0.25, 0.3) is 11.2 Å². The Morgan fingerprint density at radius 2 is 2.00 bits per heavy atom. The summed E-state index contributed by atoms with van der Waals surface area (Å²) in [5.74, 6) is 2.37. The second-order valence-electron chi connectivity index (χ2n) is 7.91. The van der Waals surface area contributed by atoms with Gasteiger partial charge in [0.25, 0.3) is 0 Å². The first kappa shape index (κ1) is 18.5. The third-order valence-electron chi connectivity index (χ3n) is 5.34. The van der Waals surface area contributed by atoms with E-state index < -0.39 is 0 Å². The number of anilines is 2. The van der Waals surface area contributed by atoms with Crippen molar-refractivity contribution < 1.29 is 0 Å². The zero-order chi connectivity index (χ0) is 19.7. The Bertz CT molecular complexity index is 950. The molecule has 3 aromatic heterocycles. The van der Waals surface area contributed by atoms with Gasteiger partial charge in [0.1, 0.15) is 11.3 Å². The SMILES string of the molecule is CNc1nc(C2(C)CCCN(Cc3cnc(N(C)C)nc3)C2)nc2nc[nH]c12. The second-order valence-corrected chi connectivity index (χ2v) is 7.91. The van der Waals surface area contributed by atoms with E-state index in [1.807, 2.05) is 38.4 Å². The molecule has 0 aliphatic carbocycles. The lowest BCUT2D eigenvalue weighted by molar-refractivity contribution is 0.144. The van der Waals surface area contributed by atoms with Crippen LogP contribution in [0.2, 0.25) is 0 Å². The molecule has 0 spiro atoms. The molecule has 4 heterocycles. The Morgan fingerprint density at radius 3 is 2.71 bits per heavy atom. The molecule has 148 valence electrons. The van der Waals surface area contributed by atoms with E-state index in [2.05, 4.69) is 37.1 Å². The predicted molar refractivity (Wildman–Crippen MR) is 109 cm³/mol. The van der Waals surface area contributed by atoms with E-state index in [-0.39, 0.29) is 5.41 Å². The molecule has 1 unspecified atom stereocenters. The van der Waals surface area contributed by atoms with Crippen LogP contribution in [-0.2, 0) is 12.0 Å². The monoisotopic (exact) mass is 381 g/mol. The number of hydrogen-bond donors (Lipinski definition) is 2. The molecule has 0 bridgehead atoms. The Morgan fingerprint density at radius 1 is 1.21 bits per heavy atom. The van der Waals surface area contributed by atoms with Gasteiger partial charge in [0, 0.05) is 57.6 Å². The standard InChI is InChI=1S/C19H27N9/c1-19(17-25-15(20-2)14-16(26-17)24-12-23-14)6-5-7-28(11-19)10-13-8-21-18(22-9-13)27(3)4/h8-9,12H,5-7,10-11H2,1-4H3,(H2,20,23,24,25,26). The fourth-order valence-corrected chi connectivity index (χ4v) is 3.86. The lowest BCUT2D eigenvalue weighted by Gasteiger charge is -2.39. The first-order chi connectivity index (χ1) is 13.5. The van der Waals surface area contributed by atoms with Crippen LogP contribution in [0.5, 0.6) is 0 Å². The molecule has 0 aromatic carbocycles. The molecule has 3 aromatic rings. The number of piperidine rings is 1. The number of nitrogens with zero attached hydrogens (tertiary/aromatic N) is 7. The average Bonchev–Trinajstić information content (AvgIpc) is 3.16. The number of fused-ring (bicyclic) bond motifs is 1. The number of hydrogen-bond acceptors (Lipinski definition) is 8. The summed E-state index contributed by atoms with van der Waals surface area (Å²) in [4.78, 5) is 30.2. The van der Waals surface area contributed by atoms with Gasteiger partial charge in [-0.05, 0) is 19.4 Å². The minimum Gasteiger partial charge on any atom is -0.371 e. The highest BCUT2D eigenvalue weighted by Gasteiger charge is 2.36. The van der Waals surface area contributed by atoms with Crippen molar-refractivity contribution in [3.63, 3.8) is 0 Å². The van der Waals surface area contributed by atoms with Gasteiger partial charge in [-0.1, -0.05) is 6.92 Å². The number of imidazole rings is 1. The van der Waals surface area contributed by atoms with Crippen LogP contribution in [-0.4, -0.2) is 69.0 Å². The summed E-state index contributed by atoms with van der Waals surface area (Å²) >= 11 is 0. The number of likely N-dealkylation sites (tertiary alicyclic amines) is 1. The van der Waals surface area contributed by atoms with E-state index in [9.17, 15) is 0 Å². The Hall–Kier alpha value is -2.81. The van der Waals surface area contributed by atoms with Gasteiger partial charge < -0.3 is 15.2 Å². The van der Waals surface area contributed by atoms with E-state index in [0.717, 1.165) is 61.1 Å². The number of aromatic nitrogens is 6. The highest BCUT2D eigenvalue weighted by atomic mass is 15.2. The summed E-state index contributed by atoms with van der Waals surface area (Å²) in [6, 6.07) is 0. The van der Waals surface area contributed by atoms with Crippen molar-refractivity contribution >= 4 is 22.9 Å². The Balaban J connectivity index is 1.55. The number of rotatable bonds is 5. The van der Waals surface area contributed by atoms with Crippen molar-refractivity contribution in [3.05, 3.63) is 30.1 Å². The zero-order valence-corrected chi connectivity index (χ0v) is 16.9. The predicted octanol–water partition coefficient (Wildman–Crippen LogP) is 1.80. The molecule has 9 heteroatoms. The van der Waals surface area contributed by atoms with Crippen LogP contribution in [0, 0.1) is 0 Å². The highest BCUT2D eigenvalue weighted by Crippen LogP contribution is 2.33. The smallest absolute Gasteiger partial charge is 0.224 e. The first-order valence-electron chi connectivity index (χ1n) is 9.58. The summed E-state index contributed by atoms with van der Waals surface area (Å²) in [6.45, 7) is 5.01. The normalized spacial score (nSPS) is 20.4. The fraction of sp³-hybridized carbons (Fsp3) is 0.526. The van der Waals surface area contributed by atoms with Gasteiger partial charge in [-0.25, -0.2) is 24.9 Å². The third kappa shape index (κ3) is 3.49. The second kappa shape index (κ2) is 7.31. The van der Waals surface area contributed by atoms with Crippen molar-refractivity contribution in [2.75, 3.05) is 44.4 Å². The van der Waals surface area contributed by atoms with Crippen molar-refractivity contribution in [1.29, 1.82) is 0 Å². The molecular weight excluding hydrogens is 354 g/mol. The van der Waals surface area contributed by atoms with Gasteiger partial charge in [-0.15, -0.1) is 0 Å². The largest absolute Gasteiger partial charge is 0.371 e. The molecule has 1 aliphatic rings. The molecular formula is C19H27N9. The molecule has 28 heavy (non-hydrogen) atoms. The molecule has 9 nitrogen and oxygen atoms in total. The van der Waals surface area contributed by atoms with Crippen LogP contribution < -0.4 is 10.2 Å². The minimum atomic E-state index is -0.124. The molecule has 1 atom stereocenters. The van der Waals surface area contributed by atoms with E-state index in [0.29, 0.717) is 5.65 Å². The molecule has 0 saturated carbocycles. The lowest BCUT2D eigenvalue weighted by Crippen LogP contribution is -2.45. The molecule has 4 rings (SSSR count). The van der Waals surface area contributed by atoms with E-state index in [1.54, 1.807) is 6.33 Å². The van der Waals surface area contributed by atoms with E-state index in [4.69, 9.17) is 9.97 Å². The summed E-state index contributed by atoms with van der Waals surface area (Å²) in [5.41, 5.74) is 2.55. The van der Waals surface area contributed by atoms with Gasteiger partial charge in [0.2, 0.25) is 5.95 Å². The summed E-state index contributed by atoms with van der Waals surface area (Å²) in [7, 11) is 5.76. The average molecular weight is 381 g/mol. The lowest BCUT2D eigenvalue weighted by atomic mass is 9.81. The maximum Gasteiger partial charge on any atom is 0.224 e. The molecule has 1 saturated heterocycles. The molecule has 0 amide bonds. The summed E-state index contributed by atoms with van der Waals surface area (Å²) in [5, 5.41) is 3.16. The maximum atomic E-state index is 4.81. The molecule has 0 radical (unpaired) electrons. The fourth-order valence-electron chi connectivity index (χ4n) is 3.86. The van der Waals surface area contributed by atoms with E-state index >= 15 is 0 Å².